The molecule has 0 unspecified atom stereocenters. The number of nitrogens with one attached hydrogen (secondary N) is 1. The Kier molecular flexibility index (Phi) is 4.30. The van der Waals surface area contributed by atoms with E-state index in [1.54, 1.807) is 11.3 Å². The van der Waals surface area contributed by atoms with Crippen molar-refractivity contribution < 1.29 is 0 Å². The first-order valence-electron chi connectivity index (χ1n) is 6.28. The van der Waals surface area contributed by atoms with Crippen molar-refractivity contribution in [1.29, 1.82) is 0 Å². The Morgan fingerprint density at radius 2 is 2.22 bits per heavy atom. The highest BCUT2D eigenvalue weighted by Gasteiger charge is 2.10. The van der Waals surface area contributed by atoms with Crippen molar-refractivity contribution in [3.05, 3.63) is 23.2 Å². The van der Waals surface area contributed by atoms with Crippen molar-refractivity contribution in [3.8, 4) is 0 Å². The fourth-order valence-electron chi connectivity index (χ4n) is 1.72. The largest absolute Gasteiger partial charge is 0.360 e. The van der Waals surface area contributed by atoms with Crippen molar-refractivity contribution in [2.75, 3.05) is 11.9 Å². The fourth-order valence-corrected chi connectivity index (χ4v) is 2.49. The molecule has 18 heavy (non-hydrogen) atoms. The first-order valence-corrected chi connectivity index (χ1v) is 7.09. The van der Waals surface area contributed by atoms with Gasteiger partial charge in [-0.2, -0.15) is 0 Å². The van der Waals surface area contributed by atoms with Crippen LogP contribution in [0.2, 0.25) is 0 Å². The maximum Gasteiger partial charge on any atom is 0.205 e. The quantitative estimate of drug-likeness (QED) is 0.872. The van der Waals surface area contributed by atoms with E-state index in [0.29, 0.717) is 5.92 Å². The third-order valence-corrected chi connectivity index (χ3v) is 3.43. The molecule has 0 radical (unpaired) electrons. The van der Waals surface area contributed by atoms with Gasteiger partial charge in [-0.3, -0.25) is 0 Å². The van der Waals surface area contributed by atoms with Crippen molar-refractivity contribution >= 4 is 16.5 Å². The Balaban J connectivity index is 2.04. The lowest BCUT2D eigenvalue weighted by molar-refractivity contribution is 0.664. The second-order valence-electron chi connectivity index (χ2n) is 4.50. The maximum absolute atomic E-state index is 4.37. The number of nitrogens with zero attached hydrogens (tertiary/aromatic N) is 4. The van der Waals surface area contributed by atoms with Gasteiger partial charge >= 0.3 is 0 Å². The van der Waals surface area contributed by atoms with Crippen LogP contribution in [0, 0.1) is 0 Å². The van der Waals surface area contributed by atoms with Crippen molar-refractivity contribution in [2.24, 2.45) is 0 Å². The summed E-state index contributed by atoms with van der Waals surface area (Å²) in [5.41, 5.74) is 0. The molecular weight excluding hydrogens is 246 g/mol. The molecule has 2 aromatic heterocycles. The lowest BCUT2D eigenvalue weighted by Crippen LogP contribution is -2.05. The number of imidazole rings is 1. The molecule has 2 aromatic rings. The van der Waals surface area contributed by atoms with E-state index in [2.05, 4.69) is 45.8 Å². The number of rotatable bonds is 6. The number of hydrogen-bond donors (Lipinski definition) is 1. The van der Waals surface area contributed by atoms with Gasteiger partial charge in [0.1, 0.15) is 10.8 Å². The second-order valence-corrected chi connectivity index (χ2v) is 5.56. The van der Waals surface area contributed by atoms with E-state index in [-0.39, 0.29) is 0 Å². The molecule has 0 aliphatic rings. The molecule has 0 aliphatic carbocycles. The Labute approximate surface area is 111 Å². The standard InChI is InChI=1S/C12H19N5S/c1-4-5-14-12-16-15-10(18-12)8-17-7-6-13-11(17)9(2)3/h6-7,9H,4-5,8H2,1-3H3,(H,14,16). The van der Waals surface area contributed by atoms with Crippen molar-refractivity contribution in [1.82, 2.24) is 19.7 Å². The number of aromatic nitrogens is 4. The zero-order valence-corrected chi connectivity index (χ0v) is 11.9. The van der Waals surface area contributed by atoms with Crippen LogP contribution < -0.4 is 5.32 Å². The summed E-state index contributed by atoms with van der Waals surface area (Å²) in [5, 5.41) is 13.5. The molecule has 0 saturated carbocycles. The molecule has 5 nitrogen and oxygen atoms in total. The lowest BCUT2D eigenvalue weighted by atomic mass is 10.2. The minimum atomic E-state index is 0.422. The summed E-state index contributed by atoms with van der Waals surface area (Å²) in [7, 11) is 0. The van der Waals surface area contributed by atoms with Crippen molar-refractivity contribution in [2.45, 2.75) is 39.7 Å². The summed E-state index contributed by atoms with van der Waals surface area (Å²) in [6.07, 6.45) is 4.93. The minimum absolute atomic E-state index is 0.422. The highest BCUT2D eigenvalue weighted by molar-refractivity contribution is 7.15. The van der Waals surface area contributed by atoms with Crippen LogP contribution in [0.3, 0.4) is 0 Å². The molecule has 0 spiro atoms. The van der Waals surface area contributed by atoms with E-state index >= 15 is 0 Å². The van der Waals surface area contributed by atoms with Gasteiger partial charge in [-0.25, -0.2) is 4.98 Å². The highest BCUT2D eigenvalue weighted by atomic mass is 32.1. The van der Waals surface area contributed by atoms with E-state index in [0.717, 1.165) is 35.5 Å². The molecule has 0 amide bonds. The molecule has 0 saturated heterocycles. The zero-order valence-electron chi connectivity index (χ0n) is 11.1. The second kappa shape index (κ2) is 5.95. The van der Waals surface area contributed by atoms with Crippen LogP contribution in [0.15, 0.2) is 12.4 Å². The minimum Gasteiger partial charge on any atom is -0.360 e. The Morgan fingerprint density at radius 1 is 1.39 bits per heavy atom. The van der Waals surface area contributed by atoms with Crippen LogP contribution in [-0.2, 0) is 6.54 Å². The summed E-state index contributed by atoms with van der Waals surface area (Å²) in [4.78, 5) is 4.37. The molecule has 1 N–H and O–H groups in total. The third kappa shape index (κ3) is 3.07. The fraction of sp³-hybridized carbons (Fsp3) is 0.583. The lowest BCUT2D eigenvalue weighted by Gasteiger charge is -2.07. The van der Waals surface area contributed by atoms with Crippen molar-refractivity contribution in [3.63, 3.8) is 0 Å². The van der Waals surface area contributed by atoms with Crippen LogP contribution in [0.4, 0.5) is 5.13 Å². The van der Waals surface area contributed by atoms with Gasteiger partial charge in [0.05, 0.1) is 6.54 Å². The van der Waals surface area contributed by atoms with Crippen LogP contribution in [-0.4, -0.2) is 26.3 Å². The smallest absolute Gasteiger partial charge is 0.205 e. The molecule has 0 bridgehead atoms. The SMILES string of the molecule is CCCNc1nnc(Cn2ccnc2C(C)C)s1. The number of hydrogen-bond acceptors (Lipinski definition) is 5. The summed E-state index contributed by atoms with van der Waals surface area (Å²) >= 11 is 1.61. The highest BCUT2D eigenvalue weighted by Crippen LogP contribution is 2.18. The van der Waals surface area contributed by atoms with Gasteiger partial charge in [0.2, 0.25) is 5.13 Å². The molecule has 0 aromatic carbocycles. The Hall–Kier alpha value is -1.43. The Morgan fingerprint density at radius 3 is 2.94 bits per heavy atom. The summed E-state index contributed by atoms with van der Waals surface area (Å²) in [6.45, 7) is 8.12. The first kappa shape index (κ1) is 13.0. The summed E-state index contributed by atoms with van der Waals surface area (Å²) < 4.78 is 2.13. The van der Waals surface area contributed by atoms with E-state index in [1.807, 2.05) is 12.4 Å². The summed E-state index contributed by atoms with van der Waals surface area (Å²) in [6, 6.07) is 0. The van der Waals surface area contributed by atoms with Gasteiger partial charge in [-0.15, -0.1) is 10.2 Å². The van der Waals surface area contributed by atoms with E-state index in [4.69, 9.17) is 0 Å². The Bertz CT molecular complexity index is 488. The van der Waals surface area contributed by atoms with Gasteiger partial charge < -0.3 is 9.88 Å². The van der Waals surface area contributed by atoms with Crippen LogP contribution >= 0.6 is 11.3 Å². The van der Waals surface area contributed by atoms with Crippen LogP contribution in [0.1, 0.15) is 43.9 Å². The molecule has 0 atom stereocenters. The van der Waals surface area contributed by atoms with Gasteiger partial charge in [0, 0.05) is 24.9 Å². The average Bonchev–Trinajstić information content (AvgIpc) is 2.96. The van der Waals surface area contributed by atoms with Crippen LogP contribution in [0.25, 0.3) is 0 Å². The molecule has 0 aliphatic heterocycles. The van der Waals surface area contributed by atoms with E-state index < -0.39 is 0 Å². The molecule has 2 rings (SSSR count). The summed E-state index contributed by atoms with van der Waals surface area (Å²) in [5.74, 6) is 1.51. The normalized spacial score (nSPS) is 11.1. The van der Waals surface area contributed by atoms with E-state index in [9.17, 15) is 0 Å². The van der Waals surface area contributed by atoms with Gasteiger partial charge in [-0.1, -0.05) is 32.1 Å². The molecule has 98 valence electrons. The maximum atomic E-state index is 4.37. The first-order chi connectivity index (χ1) is 8.70. The third-order valence-electron chi connectivity index (χ3n) is 2.56. The molecule has 0 fully saturated rings. The molecule has 2 heterocycles. The molecule has 6 heteroatoms. The van der Waals surface area contributed by atoms with Gasteiger partial charge in [0.15, 0.2) is 0 Å². The van der Waals surface area contributed by atoms with Crippen LogP contribution in [0.5, 0.6) is 0 Å². The predicted octanol–water partition coefficient (Wildman–Crippen LogP) is 2.73. The molecular formula is C12H19N5S. The topological polar surface area (TPSA) is 55.6 Å². The van der Waals surface area contributed by atoms with E-state index in [1.165, 1.54) is 0 Å². The van der Waals surface area contributed by atoms with Gasteiger partial charge in [0.25, 0.3) is 0 Å². The average molecular weight is 265 g/mol. The predicted molar refractivity (Wildman–Crippen MR) is 74.1 cm³/mol. The zero-order chi connectivity index (χ0) is 13.0. The van der Waals surface area contributed by atoms with Gasteiger partial charge in [-0.05, 0) is 6.42 Å². The number of anilines is 1. The monoisotopic (exact) mass is 265 g/mol.